The van der Waals surface area contributed by atoms with Crippen LogP contribution in [0.1, 0.15) is 74.9 Å². The van der Waals surface area contributed by atoms with Crippen LogP contribution in [-0.2, 0) is 25.6 Å². The number of unbranched alkanes of at least 4 members (excludes halogenated alkanes) is 2. The number of anilines is 1. The lowest BCUT2D eigenvalue weighted by Gasteiger charge is -2.23. The van der Waals surface area contributed by atoms with E-state index in [1.807, 2.05) is 32.9 Å². The highest BCUT2D eigenvalue weighted by Crippen LogP contribution is 2.29. The van der Waals surface area contributed by atoms with Crippen LogP contribution in [0.5, 0.6) is 0 Å². The molecule has 0 spiro atoms. The van der Waals surface area contributed by atoms with Crippen molar-refractivity contribution >= 4 is 41.2 Å². The van der Waals surface area contributed by atoms with E-state index in [0.717, 1.165) is 18.4 Å². The molecule has 2 aromatic carbocycles. The predicted molar refractivity (Wildman–Crippen MR) is 161 cm³/mol. The number of carbonyl (C=O) groups is 4. The van der Waals surface area contributed by atoms with Gasteiger partial charge >= 0.3 is 12.1 Å². The summed E-state index contributed by atoms with van der Waals surface area (Å²) in [5.74, 6) is 5.19. The molecule has 1 aliphatic rings. The van der Waals surface area contributed by atoms with Gasteiger partial charge in [-0.2, -0.15) is 0 Å². The number of benzene rings is 2. The lowest BCUT2D eigenvalue weighted by atomic mass is 10.1. The first-order chi connectivity index (χ1) is 20.0. The molecule has 0 saturated carbocycles. The number of alkyl carbamates (subject to hydrolysis) is 1. The number of rotatable bonds is 10. The van der Waals surface area contributed by atoms with Crippen molar-refractivity contribution in [1.82, 2.24) is 10.2 Å². The van der Waals surface area contributed by atoms with Crippen molar-refractivity contribution in [3.63, 3.8) is 0 Å². The van der Waals surface area contributed by atoms with E-state index in [9.17, 15) is 19.2 Å². The molecule has 42 heavy (non-hydrogen) atoms. The second kappa shape index (κ2) is 15.3. The summed E-state index contributed by atoms with van der Waals surface area (Å²) in [4.78, 5) is 53.7. The van der Waals surface area contributed by atoms with E-state index in [-0.39, 0.29) is 44.5 Å². The fourth-order valence-electron chi connectivity index (χ4n) is 4.24. The number of hydrogen-bond donors (Lipinski definition) is 1. The maximum absolute atomic E-state index is 13.6. The molecule has 1 N–H and O–H groups in total. The summed E-state index contributed by atoms with van der Waals surface area (Å²) in [7, 11) is 0. The van der Waals surface area contributed by atoms with Crippen LogP contribution >= 0.6 is 11.6 Å². The summed E-state index contributed by atoms with van der Waals surface area (Å²) in [6, 6.07) is 12.4. The van der Waals surface area contributed by atoms with Crippen LogP contribution in [0.4, 0.5) is 10.5 Å². The lowest BCUT2D eigenvalue weighted by Crippen LogP contribution is -2.40. The molecule has 0 aliphatic carbocycles. The van der Waals surface area contributed by atoms with Gasteiger partial charge in [-0.05, 0) is 76.4 Å². The van der Waals surface area contributed by atoms with Crippen molar-refractivity contribution in [2.75, 3.05) is 31.1 Å². The molecule has 0 saturated heterocycles. The molecule has 0 atom stereocenters. The molecule has 0 aromatic heterocycles. The van der Waals surface area contributed by atoms with E-state index >= 15 is 0 Å². The van der Waals surface area contributed by atoms with E-state index in [4.69, 9.17) is 21.1 Å². The zero-order valence-corrected chi connectivity index (χ0v) is 25.4. The lowest BCUT2D eigenvalue weighted by molar-refractivity contribution is -0.143. The van der Waals surface area contributed by atoms with Gasteiger partial charge in [0.1, 0.15) is 12.1 Å². The van der Waals surface area contributed by atoms with Crippen LogP contribution in [0.15, 0.2) is 42.5 Å². The summed E-state index contributed by atoms with van der Waals surface area (Å²) >= 11 is 6.03. The van der Waals surface area contributed by atoms with Crippen molar-refractivity contribution in [2.24, 2.45) is 0 Å². The standard InChI is InChI=1S/C32H38ClN3O6/c1-5-41-29(38)17-19-35-22-28(37)36(21-24-11-14-25(33)15-12-24)27-16-13-23(20-26(27)30(35)39)10-8-6-7-9-18-34-31(40)42-32(2,3)4/h11-16,20H,5-7,9,17-19,21-22H2,1-4H3,(H,34,40). The minimum absolute atomic E-state index is 0.0122. The second-order valence-corrected chi connectivity index (χ2v) is 11.2. The van der Waals surface area contributed by atoms with Gasteiger partial charge in [0.05, 0.1) is 30.8 Å². The van der Waals surface area contributed by atoms with Crippen molar-refractivity contribution in [3.8, 4) is 11.8 Å². The van der Waals surface area contributed by atoms with Crippen molar-refractivity contribution in [3.05, 3.63) is 64.2 Å². The van der Waals surface area contributed by atoms with Crippen LogP contribution < -0.4 is 10.2 Å². The zero-order valence-electron chi connectivity index (χ0n) is 24.6. The second-order valence-electron chi connectivity index (χ2n) is 10.8. The number of nitrogens with one attached hydrogen (secondary N) is 1. The highest BCUT2D eigenvalue weighted by molar-refractivity contribution is 6.30. The number of ether oxygens (including phenoxy) is 2. The number of halogens is 1. The van der Waals surface area contributed by atoms with Crippen LogP contribution in [0, 0.1) is 11.8 Å². The summed E-state index contributed by atoms with van der Waals surface area (Å²) in [5, 5.41) is 3.32. The SMILES string of the molecule is CCOC(=O)CCN1CC(=O)N(Cc2ccc(Cl)cc2)c2ccc(C#CCCCCNC(=O)OC(C)(C)C)cc2C1=O. The van der Waals surface area contributed by atoms with E-state index in [1.54, 1.807) is 42.2 Å². The Kier molecular flexibility index (Phi) is 11.8. The van der Waals surface area contributed by atoms with E-state index in [1.165, 1.54) is 4.90 Å². The van der Waals surface area contributed by atoms with Gasteiger partial charge in [0.2, 0.25) is 5.91 Å². The molecular formula is C32H38ClN3O6. The molecule has 0 unspecified atom stereocenters. The molecule has 0 bridgehead atoms. The van der Waals surface area contributed by atoms with Gasteiger partial charge < -0.3 is 24.6 Å². The summed E-state index contributed by atoms with van der Waals surface area (Å²) < 4.78 is 10.2. The number of carbonyl (C=O) groups excluding carboxylic acids is 4. The Bertz CT molecular complexity index is 1340. The quantitative estimate of drug-likeness (QED) is 0.226. The monoisotopic (exact) mass is 595 g/mol. The molecular weight excluding hydrogens is 558 g/mol. The number of fused-ring (bicyclic) bond motifs is 1. The largest absolute Gasteiger partial charge is 0.466 e. The normalized spacial score (nSPS) is 13.1. The van der Waals surface area contributed by atoms with Crippen molar-refractivity contribution < 1.29 is 28.7 Å². The summed E-state index contributed by atoms with van der Waals surface area (Å²) in [6.45, 7) is 8.03. The number of nitrogens with zero attached hydrogens (tertiary/aromatic N) is 2. The average Bonchev–Trinajstić information content (AvgIpc) is 3.02. The van der Waals surface area contributed by atoms with Gasteiger partial charge in [0.25, 0.3) is 5.91 Å². The highest BCUT2D eigenvalue weighted by Gasteiger charge is 2.32. The third-order valence-electron chi connectivity index (χ3n) is 6.21. The van der Waals surface area contributed by atoms with E-state index in [2.05, 4.69) is 17.2 Å². The molecule has 0 fully saturated rings. The number of hydrogen-bond acceptors (Lipinski definition) is 6. The minimum atomic E-state index is -0.539. The van der Waals surface area contributed by atoms with Gasteiger partial charge in [0.15, 0.2) is 0 Å². The maximum atomic E-state index is 13.6. The average molecular weight is 596 g/mol. The molecule has 3 rings (SSSR count). The molecule has 1 aliphatic heterocycles. The first-order valence-corrected chi connectivity index (χ1v) is 14.4. The van der Waals surface area contributed by atoms with E-state index in [0.29, 0.717) is 34.8 Å². The summed E-state index contributed by atoms with van der Waals surface area (Å²) in [6.07, 6.45) is 1.67. The fraction of sp³-hybridized carbons (Fsp3) is 0.438. The topological polar surface area (TPSA) is 105 Å². The minimum Gasteiger partial charge on any atom is -0.466 e. The Morgan fingerprint density at radius 1 is 1.07 bits per heavy atom. The molecule has 2 aromatic rings. The first-order valence-electron chi connectivity index (χ1n) is 14.1. The van der Waals surface area contributed by atoms with Crippen LogP contribution in [0.25, 0.3) is 0 Å². The predicted octanol–water partition coefficient (Wildman–Crippen LogP) is 5.33. The molecule has 10 heteroatoms. The number of esters is 1. The Balaban J connectivity index is 1.74. The van der Waals surface area contributed by atoms with Gasteiger partial charge in [-0.25, -0.2) is 4.79 Å². The highest BCUT2D eigenvalue weighted by atomic mass is 35.5. The number of amides is 3. The fourth-order valence-corrected chi connectivity index (χ4v) is 4.36. The van der Waals surface area contributed by atoms with Crippen molar-refractivity contribution in [2.45, 2.75) is 65.5 Å². The Labute approximate surface area is 252 Å². The van der Waals surface area contributed by atoms with Gasteiger partial charge in [-0.1, -0.05) is 35.6 Å². The third-order valence-corrected chi connectivity index (χ3v) is 6.46. The first kappa shape index (κ1) is 32.5. The molecule has 9 nitrogen and oxygen atoms in total. The van der Waals surface area contributed by atoms with Crippen LogP contribution in [0.2, 0.25) is 5.02 Å². The maximum Gasteiger partial charge on any atom is 0.407 e. The van der Waals surface area contributed by atoms with Crippen molar-refractivity contribution in [1.29, 1.82) is 0 Å². The van der Waals surface area contributed by atoms with Gasteiger partial charge in [-0.3, -0.25) is 14.4 Å². The smallest absolute Gasteiger partial charge is 0.407 e. The van der Waals surface area contributed by atoms with Crippen LogP contribution in [0.3, 0.4) is 0 Å². The Morgan fingerprint density at radius 3 is 2.50 bits per heavy atom. The Morgan fingerprint density at radius 2 is 1.81 bits per heavy atom. The van der Waals surface area contributed by atoms with E-state index < -0.39 is 17.7 Å². The summed E-state index contributed by atoms with van der Waals surface area (Å²) in [5.41, 5.74) is 1.78. The molecule has 224 valence electrons. The van der Waals surface area contributed by atoms with Gasteiger partial charge in [0, 0.05) is 30.1 Å². The molecule has 1 heterocycles. The van der Waals surface area contributed by atoms with Gasteiger partial charge in [-0.15, -0.1) is 0 Å². The Hall–Kier alpha value is -4.03. The van der Waals surface area contributed by atoms with Crippen LogP contribution in [-0.4, -0.2) is 60.6 Å². The molecule has 0 radical (unpaired) electrons. The zero-order chi connectivity index (χ0) is 30.7. The molecule has 3 amide bonds. The third kappa shape index (κ3) is 10.1.